The summed E-state index contributed by atoms with van der Waals surface area (Å²) in [7, 11) is -1.21. The average molecular weight is 439 g/mol. The number of amides is 1. The van der Waals surface area contributed by atoms with Gasteiger partial charge in [-0.15, -0.1) is 0 Å². The van der Waals surface area contributed by atoms with Gasteiger partial charge in [0.2, 0.25) is 0 Å². The molecular formula is C25H30N2O3S. The highest BCUT2D eigenvalue weighted by Crippen LogP contribution is 2.18. The number of rotatable bonds is 11. The van der Waals surface area contributed by atoms with Gasteiger partial charge in [-0.1, -0.05) is 55.5 Å². The van der Waals surface area contributed by atoms with E-state index in [1.807, 2.05) is 37.3 Å². The lowest BCUT2D eigenvalue weighted by molar-refractivity contribution is 0.0922. The summed E-state index contributed by atoms with van der Waals surface area (Å²) in [6, 6.07) is 21.4. The number of nitrogens with zero attached hydrogens (tertiary/aromatic N) is 1. The van der Waals surface area contributed by atoms with E-state index in [2.05, 4.69) is 41.4 Å². The summed E-state index contributed by atoms with van der Waals surface area (Å²) < 4.78 is 18.2. The number of benzene rings is 2. The first-order valence-corrected chi connectivity index (χ1v) is 12.0. The van der Waals surface area contributed by atoms with E-state index >= 15 is 0 Å². The van der Waals surface area contributed by atoms with Crippen molar-refractivity contribution in [3.8, 4) is 0 Å². The molecule has 6 heteroatoms. The molecule has 0 bridgehead atoms. The first-order chi connectivity index (χ1) is 15.1. The molecule has 0 fully saturated rings. The van der Waals surface area contributed by atoms with Gasteiger partial charge in [0.1, 0.15) is 5.76 Å². The van der Waals surface area contributed by atoms with Gasteiger partial charge in [0, 0.05) is 24.5 Å². The minimum Gasteiger partial charge on any atom is -0.455 e. The number of hydrogen-bond acceptors (Lipinski definition) is 4. The Labute approximate surface area is 186 Å². The standard InChI is InChI=1S/C25H30N2O3S/c1-3-27(18-21-11-5-4-6-12-21)17-9-16-26-25(28)23-15-14-22(30-23)19-31(29)24-13-8-7-10-20(24)2/h4-8,10-15H,3,9,16-19H2,1-2H3,(H,26,28)/t31-/m1/s1. The maximum Gasteiger partial charge on any atom is 0.286 e. The van der Waals surface area contributed by atoms with Crippen LogP contribution in [-0.2, 0) is 23.1 Å². The number of aryl methyl sites for hydroxylation is 1. The van der Waals surface area contributed by atoms with E-state index in [1.165, 1.54) is 5.56 Å². The highest BCUT2D eigenvalue weighted by Gasteiger charge is 2.14. The van der Waals surface area contributed by atoms with Crippen molar-refractivity contribution in [2.45, 2.75) is 37.5 Å². The molecule has 5 nitrogen and oxygen atoms in total. The van der Waals surface area contributed by atoms with Crippen molar-refractivity contribution in [1.82, 2.24) is 10.2 Å². The lowest BCUT2D eigenvalue weighted by atomic mass is 10.2. The summed E-state index contributed by atoms with van der Waals surface area (Å²) in [6.07, 6.45) is 0.858. The van der Waals surface area contributed by atoms with Gasteiger partial charge in [-0.3, -0.25) is 13.9 Å². The Bertz CT molecular complexity index is 1000. The minimum absolute atomic E-state index is 0.237. The number of furan rings is 1. The van der Waals surface area contributed by atoms with Crippen molar-refractivity contribution in [1.29, 1.82) is 0 Å². The molecule has 0 radical (unpaired) electrons. The first-order valence-electron chi connectivity index (χ1n) is 10.6. The van der Waals surface area contributed by atoms with Crippen molar-refractivity contribution in [3.63, 3.8) is 0 Å². The zero-order chi connectivity index (χ0) is 22.1. The van der Waals surface area contributed by atoms with E-state index < -0.39 is 10.8 Å². The molecule has 3 aromatic rings. The molecule has 0 unspecified atom stereocenters. The van der Waals surface area contributed by atoms with Gasteiger partial charge < -0.3 is 9.73 Å². The van der Waals surface area contributed by atoms with Crippen LogP contribution in [0.4, 0.5) is 0 Å². The fourth-order valence-corrected chi connectivity index (χ4v) is 4.61. The predicted octanol–water partition coefficient (Wildman–Crippen LogP) is 4.54. The van der Waals surface area contributed by atoms with Gasteiger partial charge in [-0.2, -0.15) is 0 Å². The van der Waals surface area contributed by atoms with Crippen LogP contribution in [0.3, 0.4) is 0 Å². The van der Waals surface area contributed by atoms with Crippen molar-refractivity contribution in [3.05, 3.63) is 89.4 Å². The summed E-state index contributed by atoms with van der Waals surface area (Å²) in [5, 5.41) is 2.91. The lowest BCUT2D eigenvalue weighted by Gasteiger charge is -2.20. The highest BCUT2D eigenvalue weighted by atomic mass is 32.2. The van der Waals surface area contributed by atoms with Gasteiger partial charge in [-0.05, 0) is 49.2 Å². The molecule has 1 atom stereocenters. The molecular weight excluding hydrogens is 408 g/mol. The van der Waals surface area contributed by atoms with Gasteiger partial charge in [0.25, 0.3) is 5.91 Å². The van der Waals surface area contributed by atoms with Crippen LogP contribution < -0.4 is 5.32 Å². The summed E-state index contributed by atoms with van der Waals surface area (Å²) in [5.74, 6) is 0.822. The van der Waals surface area contributed by atoms with Crippen LogP contribution in [0.25, 0.3) is 0 Å². The Kier molecular flexibility index (Phi) is 8.62. The molecule has 3 rings (SSSR count). The summed E-state index contributed by atoms with van der Waals surface area (Å²) in [4.78, 5) is 15.5. The molecule has 164 valence electrons. The third-order valence-corrected chi connectivity index (χ3v) is 6.63. The van der Waals surface area contributed by atoms with Crippen molar-refractivity contribution < 1.29 is 13.4 Å². The number of carbonyl (C=O) groups excluding carboxylic acids is 1. The number of hydrogen-bond donors (Lipinski definition) is 1. The molecule has 0 spiro atoms. The third kappa shape index (κ3) is 6.91. The predicted molar refractivity (Wildman–Crippen MR) is 124 cm³/mol. The van der Waals surface area contributed by atoms with Crippen molar-refractivity contribution in [2.75, 3.05) is 19.6 Å². The molecule has 1 N–H and O–H groups in total. The van der Waals surface area contributed by atoms with Crippen molar-refractivity contribution in [2.24, 2.45) is 0 Å². The Morgan fingerprint density at radius 2 is 1.77 bits per heavy atom. The molecule has 0 aliphatic carbocycles. The highest BCUT2D eigenvalue weighted by molar-refractivity contribution is 7.84. The van der Waals surface area contributed by atoms with Crippen molar-refractivity contribution >= 4 is 16.7 Å². The Morgan fingerprint density at radius 1 is 1.03 bits per heavy atom. The zero-order valence-corrected chi connectivity index (χ0v) is 19.0. The molecule has 1 heterocycles. The minimum atomic E-state index is -1.21. The van der Waals surface area contributed by atoms with E-state index in [9.17, 15) is 9.00 Å². The molecule has 0 aliphatic rings. The zero-order valence-electron chi connectivity index (χ0n) is 18.2. The Morgan fingerprint density at radius 3 is 2.52 bits per heavy atom. The molecule has 31 heavy (non-hydrogen) atoms. The molecule has 2 aromatic carbocycles. The maximum atomic E-state index is 12.6. The normalized spacial score (nSPS) is 12.1. The summed E-state index contributed by atoms with van der Waals surface area (Å²) >= 11 is 0. The SMILES string of the molecule is CCN(CCCNC(=O)c1ccc(C[S@@](=O)c2ccccc2C)o1)Cc1ccccc1. The van der Waals surface area contributed by atoms with Crippen LogP contribution in [0.2, 0.25) is 0 Å². The second-order valence-corrected chi connectivity index (χ2v) is 8.90. The van der Waals surface area contributed by atoms with E-state index in [-0.39, 0.29) is 17.4 Å². The first kappa shape index (κ1) is 23.0. The summed E-state index contributed by atoms with van der Waals surface area (Å²) in [6.45, 7) is 7.44. The largest absolute Gasteiger partial charge is 0.455 e. The van der Waals surface area contributed by atoms with E-state index in [0.717, 1.165) is 36.5 Å². The number of nitrogens with one attached hydrogen (secondary N) is 1. The average Bonchev–Trinajstić information content (AvgIpc) is 3.25. The maximum absolute atomic E-state index is 12.6. The molecule has 0 aliphatic heterocycles. The van der Waals surface area contributed by atoms with Crippen LogP contribution in [0.15, 0.2) is 76.0 Å². The molecule has 1 amide bonds. The fraction of sp³-hybridized carbons (Fsp3) is 0.320. The van der Waals surface area contributed by atoms with Crippen LogP contribution in [0.1, 0.15) is 40.8 Å². The summed E-state index contributed by atoms with van der Waals surface area (Å²) in [5.41, 5.74) is 2.28. The molecule has 1 aromatic heterocycles. The second kappa shape index (κ2) is 11.6. The topological polar surface area (TPSA) is 62.6 Å². The monoisotopic (exact) mass is 438 g/mol. The second-order valence-electron chi connectivity index (χ2n) is 7.49. The van der Waals surface area contributed by atoms with Crippen LogP contribution in [-0.4, -0.2) is 34.7 Å². The van der Waals surface area contributed by atoms with Crippen LogP contribution in [0.5, 0.6) is 0 Å². The quantitative estimate of drug-likeness (QED) is 0.447. The third-order valence-electron chi connectivity index (χ3n) is 5.13. The number of carbonyl (C=O) groups is 1. The van der Waals surface area contributed by atoms with Crippen LogP contribution in [0, 0.1) is 6.92 Å². The Balaban J connectivity index is 1.43. The van der Waals surface area contributed by atoms with E-state index in [4.69, 9.17) is 4.42 Å². The van der Waals surface area contributed by atoms with Gasteiger partial charge >= 0.3 is 0 Å². The van der Waals surface area contributed by atoms with E-state index in [1.54, 1.807) is 12.1 Å². The Hall–Kier alpha value is -2.70. The van der Waals surface area contributed by atoms with Gasteiger partial charge in [0.05, 0.1) is 16.6 Å². The molecule has 0 saturated heterocycles. The lowest BCUT2D eigenvalue weighted by Crippen LogP contribution is -2.29. The van der Waals surface area contributed by atoms with Crippen LogP contribution >= 0.6 is 0 Å². The molecule has 0 saturated carbocycles. The van der Waals surface area contributed by atoms with Gasteiger partial charge in [0.15, 0.2) is 5.76 Å². The smallest absolute Gasteiger partial charge is 0.286 e. The van der Waals surface area contributed by atoms with E-state index in [0.29, 0.717) is 12.3 Å². The van der Waals surface area contributed by atoms with Gasteiger partial charge in [-0.25, -0.2) is 0 Å². The fourth-order valence-electron chi connectivity index (χ4n) is 3.38.